The molecule has 22 heavy (non-hydrogen) atoms. The standard InChI is InChI=1S/C16H13N5O/c1-10-5-2-3-6-11(10)12-9-14-19-15(13-7-4-8-22-13)20-21(14)16(17)18-12/h2-9H,1H3,(H2,17,18). The average Bonchev–Trinajstić information content (AvgIpc) is 3.16. The van der Waals surface area contributed by atoms with Crippen LogP contribution in [0.15, 0.2) is 53.1 Å². The van der Waals surface area contributed by atoms with E-state index < -0.39 is 0 Å². The molecule has 0 bridgehead atoms. The van der Waals surface area contributed by atoms with Crippen LogP contribution in [0.25, 0.3) is 28.5 Å². The quantitative estimate of drug-likeness (QED) is 0.614. The molecule has 0 fully saturated rings. The molecule has 6 heteroatoms. The Kier molecular flexibility index (Phi) is 2.69. The molecule has 0 spiro atoms. The molecule has 0 aliphatic carbocycles. The van der Waals surface area contributed by atoms with E-state index in [4.69, 9.17) is 10.2 Å². The van der Waals surface area contributed by atoms with Crippen LogP contribution < -0.4 is 5.73 Å². The molecule has 0 amide bonds. The fraction of sp³-hybridized carbons (Fsp3) is 0.0625. The first kappa shape index (κ1) is 12.6. The number of anilines is 1. The average molecular weight is 291 g/mol. The number of hydrogen-bond donors (Lipinski definition) is 1. The van der Waals surface area contributed by atoms with Gasteiger partial charge in [0.2, 0.25) is 11.8 Å². The number of aromatic nitrogens is 4. The van der Waals surface area contributed by atoms with Crippen molar-refractivity contribution in [2.24, 2.45) is 0 Å². The highest BCUT2D eigenvalue weighted by molar-refractivity contribution is 5.69. The maximum atomic E-state index is 6.03. The largest absolute Gasteiger partial charge is 0.461 e. The fourth-order valence-corrected chi connectivity index (χ4v) is 2.42. The Bertz CT molecular complexity index is 956. The van der Waals surface area contributed by atoms with Gasteiger partial charge in [-0.15, -0.1) is 5.10 Å². The molecule has 3 aromatic heterocycles. The highest BCUT2D eigenvalue weighted by Gasteiger charge is 2.13. The lowest BCUT2D eigenvalue weighted by Gasteiger charge is -2.06. The van der Waals surface area contributed by atoms with Gasteiger partial charge in [-0.3, -0.25) is 0 Å². The number of rotatable bonds is 2. The Balaban J connectivity index is 1.91. The minimum absolute atomic E-state index is 0.293. The number of aryl methyl sites for hydroxylation is 1. The zero-order valence-electron chi connectivity index (χ0n) is 11.9. The van der Waals surface area contributed by atoms with Crippen LogP contribution >= 0.6 is 0 Å². The normalized spacial score (nSPS) is 11.1. The number of nitrogens with two attached hydrogens (primary N) is 1. The number of benzene rings is 1. The molecule has 0 saturated carbocycles. The van der Waals surface area contributed by atoms with Crippen molar-refractivity contribution in [1.82, 2.24) is 19.6 Å². The van der Waals surface area contributed by atoms with Crippen LogP contribution in [-0.4, -0.2) is 19.6 Å². The maximum Gasteiger partial charge on any atom is 0.223 e. The maximum absolute atomic E-state index is 6.03. The van der Waals surface area contributed by atoms with Gasteiger partial charge in [0.1, 0.15) is 0 Å². The zero-order valence-corrected chi connectivity index (χ0v) is 11.9. The number of nitrogen functional groups attached to an aromatic ring is 1. The van der Waals surface area contributed by atoms with Crippen molar-refractivity contribution in [3.8, 4) is 22.8 Å². The molecular weight excluding hydrogens is 278 g/mol. The van der Waals surface area contributed by atoms with Crippen molar-refractivity contribution >= 4 is 11.6 Å². The van der Waals surface area contributed by atoms with Gasteiger partial charge in [-0.05, 0) is 24.6 Å². The van der Waals surface area contributed by atoms with E-state index in [9.17, 15) is 0 Å². The van der Waals surface area contributed by atoms with Crippen molar-refractivity contribution in [1.29, 1.82) is 0 Å². The summed E-state index contributed by atoms with van der Waals surface area (Å²) in [6.45, 7) is 2.04. The number of fused-ring (bicyclic) bond motifs is 1. The molecule has 0 aliphatic heterocycles. The Morgan fingerprint density at radius 1 is 1.09 bits per heavy atom. The second kappa shape index (κ2) is 4.70. The first-order valence-electron chi connectivity index (χ1n) is 6.85. The number of furan rings is 1. The van der Waals surface area contributed by atoms with Crippen LogP contribution in [0.2, 0.25) is 0 Å². The third-order valence-corrected chi connectivity index (χ3v) is 3.51. The van der Waals surface area contributed by atoms with Crippen molar-refractivity contribution in [2.45, 2.75) is 6.92 Å². The Morgan fingerprint density at radius 2 is 1.95 bits per heavy atom. The van der Waals surface area contributed by atoms with Gasteiger partial charge in [-0.2, -0.15) is 4.52 Å². The molecule has 4 rings (SSSR count). The molecule has 0 aliphatic rings. The third-order valence-electron chi connectivity index (χ3n) is 3.51. The predicted molar refractivity (Wildman–Crippen MR) is 83.1 cm³/mol. The molecular formula is C16H13N5O. The second-order valence-electron chi connectivity index (χ2n) is 5.00. The molecule has 0 atom stereocenters. The van der Waals surface area contributed by atoms with Gasteiger partial charge in [0.25, 0.3) is 0 Å². The first-order valence-corrected chi connectivity index (χ1v) is 6.85. The summed E-state index contributed by atoms with van der Waals surface area (Å²) in [5.41, 5.74) is 9.60. The van der Waals surface area contributed by atoms with Crippen molar-refractivity contribution in [2.75, 3.05) is 5.73 Å². The highest BCUT2D eigenvalue weighted by Crippen LogP contribution is 2.25. The minimum Gasteiger partial charge on any atom is -0.461 e. The van der Waals surface area contributed by atoms with Gasteiger partial charge in [0.15, 0.2) is 11.4 Å². The molecule has 0 unspecified atom stereocenters. The smallest absolute Gasteiger partial charge is 0.223 e. The van der Waals surface area contributed by atoms with E-state index in [1.807, 2.05) is 37.3 Å². The van der Waals surface area contributed by atoms with Crippen LogP contribution in [0.4, 0.5) is 5.95 Å². The summed E-state index contributed by atoms with van der Waals surface area (Å²) in [6, 6.07) is 13.5. The van der Waals surface area contributed by atoms with Gasteiger partial charge in [0.05, 0.1) is 12.0 Å². The summed E-state index contributed by atoms with van der Waals surface area (Å²) in [6.07, 6.45) is 1.58. The van der Waals surface area contributed by atoms with Gasteiger partial charge >= 0.3 is 0 Å². The Labute approximate surface area is 126 Å². The van der Waals surface area contributed by atoms with E-state index in [-0.39, 0.29) is 0 Å². The van der Waals surface area contributed by atoms with Crippen LogP contribution in [0.1, 0.15) is 5.56 Å². The SMILES string of the molecule is Cc1ccccc1-c1cc2nc(-c3ccco3)nn2c(N)n1. The topological polar surface area (TPSA) is 82.2 Å². The Hall–Kier alpha value is -3.15. The molecule has 1 aromatic carbocycles. The van der Waals surface area contributed by atoms with E-state index in [0.29, 0.717) is 23.2 Å². The van der Waals surface area contributed by atoms with Gasteiger partial charge < -0.3 is 10.2 Å². The summed E-state index contributed by atoms with van der Waals surface area (Å²) in [5, 5.41) is 4.34. The highest BCUT2D eigenvalue weighted by atomic mass is 16.3. The molecule has 6 nitrogen and oxygen atoms in total. The lowest BCUT2D eigenvalue weighted by atomic mass is 10.1. The minimum atomic E-state index is 0.293. The van der Waals surface area contributed by atoms with E-state index in [1.54, 1.807) is 18.4 Å². The summed E-state index contributed by atoms with van der Waals surface area (Å²) >= 11 is 0. The Morgan fingerprint density at radius 3 is 2.73 bits per heavy atom. The van der Waals surface area contributed by atoms with Crippen molar-refractivity contribution < 1.29 is 4.42 Å². The van der Waals surface area contributed by atoms with Crippen molar-refractivity contribution in [3.05, 3.63) is 54.3 Å². The van der Waals surface area contributed by atoms with Crippen LogP contribution in [0.3, 0.4) is 0 Å². The number of hydrogen-bond acceptors (Lipinski definition) is 5. The van der Waals surface area contributed by atoms with Gasteiger partial charge in [-0.25, -0.2) is 9.97 Å². The first-order chi connectivity index (χ1) is 10.7. The lowest BCUT2D eigenvalue weighted by Crippen LogP contribution is -2.03. The molecule has 0 radical (unpaired) electrons. The van der Waals surface area contributed by atoms with Crippen molar-refractivity contribution in [3.63, 3.8) is 0 Å². The van der Waals surface area contributed by atoms with E-state index in [0.717, 1.165) is 16.8 Å². The van der Waals surface area contributed by atoms with Gasteiger partial charge in [0, 0.05) is 11.6 Å². The molecule has 3 heterocycles. The molecule has 4 aromatic rings. The van der Waals surface area contributed by atoms with E-state index in [1.165, 1.54) is 4.52 Å². The molecule has 2 N–H and O–H groups in total. The lowest BCUT2D eigenvalue weighted by molar-refractivity contribution is 0.577. The summed E-state index contributed by atoms with van der Waals surface area (Å²) < 4.78 is 6.84. The van der Waals surface area contributed by atoms with Crippen LogP contribution in [0, 0.1) is 6.92 Å². The molecule has 0 saturated heterocycles. The van der Waals surface area contributed by atoms with E-state index >= 15 is 0 Å². The summed E-state index contributed by atoms with van der Waals surface area (Å²) in [5.74, 6) is 1.38. The zero-order chi connectivity index (χ0) is 15.1. The fourth-order valence-electron chi connectivity index (χ4n) is 2.42. The summed E-state index contributed by atoms with van der Waals surface area (Å²) in [7, 11) is 0. The second-order valence-corrected chi connectivity index (χ2v) is 5.00. The van der Waals surface area contributed by atoms with Crippen LogP contribution in [-0.2, 0) is 0 Å². The predicted octanol–water partition coefficient (Wildman–Crippen LogP) is 2.94. The van der Waals surface area contributed by atoms with Gasteiger partial charge in [-0.1, -0.05) is 24.3 Å². The monoisotopic (exact) mass is 291 g/mol. The number of nitrogens with zero attached hydrogens (tertiary/aromatic N) is 4. The third kappa shape index (κ3) is 1.93. The summed E-state index contributed by atoms with van der Waals surface area (Å²) in [4.78, 5) is 8.90. The molecule has 108 valence electrons. The van der Waals surface area contributed by atoms with Crippen LogP contribution in [0.5, 0.6) is 0 Å². The van der Waals surface area contributed by atoms with E-state index in [2.05, 4.69) is 15.1 Å².